The van der Waals surface area contributed by atoms with Gasteiger partial charge in [-0.3, -0.25) is 5.10 Å². The summed E-state index contributed by atoms with van der Waals surface area (Å²) in [4.78, 5) is 0. The summed E-state index contributed by atoms with van der Waals surface area (Å²) in [5, 5.41) is 6.95. The fraction of sp³-hybridized carbons (Fsp3) is 0.308. The standard InChI is InChI=1S/C13H16IN3O2/c1-3-18-8-5-6-9(10(7-8)19-4-2)12-11(14)13(15)17-16-12/h5-7H,3-4H2,1-2H3,(H3,15,16,17). The number of aromatic nitrogens is 2. The summed E-state index contributed by atoms with van der Waals surface area (Å²) in [7, 11) is 0. The third kappa shape index (κ3) is 2.94. The normalized spacial score (nSPS) is 10.5. The molecule has 0 aliphatic heterocycles. The Morgan fingerprint density at radius 2 is 2.00 bits per heavy atom. The van der Waals surface area contributed by atoms with E-state index < -0.39 is 0 Å². The fourth-order valence-electron chi connectivity index (χ4n) is 1.76. The molecule has 5 nitrogen and oxygen atoms in total. The zero-order chi connectivity index (χ0) is 13.8. The average Bonchev–Trinajstić information content (AvgIpc) is 2.72. The summed E-state index contributed by atoms with van der Waals surface area (Å²) in [5.41, 5.74) is 7.56. The number of halogens is 1. The van der Waals surface area contributed by atoms with Gasteiger partial charge in [-0.2, -0.15) is 5.10 Å². The molecule has 0 aliphatic carbocycles. The van der Waals surface area contributed by atoms with E-state index in [4.69, 9.17) is 15.2 Å². The number of aromatic amines is 1. The molecule has 0 amide bonds. The van der Waals surface area contributed by atoms with Crippen molar-refractivity contribution in [2.75, 3.05) is 18.9 Å². The van der Waals surface area contributed by atoms with Gasteiger partial charge in [-0.25, -0.2) is 0 Å². The first-order valence-corrected chi connectivity index (χ1v) is 7.14. The number of hydrogen-bond donors (Lipinski definition) is 2. The topological polar surface area (TPSA) is 73.2 Å². The van der Waals surface area contributed by atoms with Gasteiger partial charge in [0, 0.05) is 11.6 Å². The van der Waals surface area contributed by atoms with Crippen LogP contribution < -0.4 is 15.2 Å². The number of nitrogens with two attached hydrogens (primary N) is 1. The summed E-state index contributed by atoms with van der Waals surface area (Å²) >= 11 is 2.17. The summed E-state index contributed by atoms with van der Waals surface area (Å²) in [5.74, 6) is 2.04. The van der Waals surface area contributed by atoms with E-state index in [9.17, 15) is 0 Å². The summed E-state index contributed by atoms with van der Waals surface area (Å²) in [6.07, 6.45) is 0. The number of hydrogen-bond acceptors (Lipinski definition) is 4. The minimum atomic E-state index is 0.493. The first-order valence-electron chi connectivity index (χ1n) is 6.06. The van der Waals surface area contributed by atoms with Crippen molar-refractivity contribution >= 4 is 28.4 Å². The van der Waals surface area contributed by atoms with Gasteiger partial charge in [0.15, 0.2) is 5.82 Å². The van der Waals surface area contributed by atoms with Crippen LogP contribution in [0.4, 0.5) is 5.82 Å². The summed E-state index contributed by atoms with van der Waals surface area (Å²) < 4.78 is 12.0. The van der Waals surface area contributed by atoms with Crippen molar-refractivity contribution < 1.29 is 9.47 Å². The van der Waals surface area contributed by atoms with Crippen LogP contribution in [0, 0.1) is 3.57 Å². The van der Waals surface area contributed by atoms with E-state index in [1.54, 1.807) is 0 Å². The Labute approximate surface area is 125 Å². The molecule has 1 aromatic carbocycles. The molecule has 0 atom stereocenters. The number of benzene rings is 1. The predicted molar refractivity (Wildman–Crippen MR) is 83.5 cm³/mol. The van der Waals surface area contributed by atoms with Crippen LogP contribution in [0.1, 0.15) is 13.8 Å². The summed E-state index contributed by atoms with van der Waals surface area (Å²) in [6.45, 7) is 5.11. The van der Waals surface area contributed by atoms with Crippen molar-refractivity contribution in [1.82, 2.24) is 10.2 Å². The molecular formula is C13H16IN3O2. The number of ether oxygens (including phenoxy) is 2. The van der Waals surface area contributed by atoms with Gasteiger partial charge in [0.1, 0.15) is 11.5 Å². The second kappa shape index (κ2) is 6.14. The molecule has 3 N–H and O–H groups in total. The van der Waals surface area contributed by atoms with E-state index in [2.05, 4.69) is 32.8 Å². The van der Waals surface area contributed by atoms with Crippen LogP contribution in [-0.2, 0) is 0 Å². The Morgan fingerprint density at radius 1 is 1.26 bits per heavy atom. The van der Waals surface area contributed by atoms with E-state index >= 15 is 0 Å². The molecule has 0 radical (unpaired) electrons. The SMILES string of the molecule is CCOc1ccc(-c2[nH]nc(N)c2I)c(OCC)c1. The quantitative estimate of drug-likeness (QED) is 0.791. The highest BCUT2D eigenvalue weighted by atomic mass is 127. The van der Waals surface area contributed by atoms with Crippen molar-refractivity contribution in [2.24, 2.45) is 0 Å². The minimum Gasteiger partial charge on any atom is -0.494 e. The maximum absolute atomic E-state index is 5.76. The summed E-state index contributed by atoms with van der Waals surface area (Å²) in [6, 6.07) is 5.75. The van der Waals surface area contributed by atoms with Crippen molar-refractivity contribution in [3.63, 3.8) is 0 Å². The largest absolute Gasteiger partial charge is 0.494 e. The monoisotopic (exact) mass is 373 g/mol. The fourth-order valence-corrected chi connectivity index (χ4v) is 2.29. The molecule has 1 heterocycles. The van der Waals surface area contributed by atoms with E-state index in [0.717, 1.165) is 26.3 Å². The number of nitrogens with one attached hydrogen (secondary N) is 1. The smallest absolute Gasteiger partial charge is 0.159 e. The van der Waals surface area contributed by atoms with Gasteiger partial charge in [0.25, 0.3) is 0 Å². The zero-order valence-corrected chi connectivity index (χ0v) is 13.0. The molecule has 0 aliphatic rings. The van der Waals surface area contributed by atoms with Crippen LogP contribution in [0.3, 0.4) is 0 Å². The van der Waals surface area contributed by atoms with Gasteiger partial charge in [-0.15, -0.1) is 0 Å². The van der Waals surface area contributed by atoms with Gasteiger partial charge in [0.2, 0.25) is 0 Å². The molecule has 0 saturated carbocycles. The molecule has 0 fully saturated rings. The van der Waals surface area contributed by atoms with Crippen LogP contribution in [0.25, 0.3) is 11.3 Å². The number of rotatable bonds is 5. The lowest BCUT2D eigenvalue weighted by Crippen LogP contribution is -1.97. The van der Waals surface area contributed by atoms with Crippen molar-refractivity contribution in [1.29, 1.82) is 0 Å². The lowest BCUT2D eigenvalue weighted by atomic mass is 10.1. The first-order chi connectivity index (χ1) is 9.17. The lowest BCUT2D eigenvalue weighted by Gasteiger charge is -2.11. The van der Waals surface area contributed by atoms with Crippen LogP contribution in [0.15, 0.2) is 18.2 Å². The number of nitrogens with zero attached hydrogens (tertiary/aromatic N) is 1. The van der Waals surface area contributed by atoms with Crippen LogP contribution in [-0.4, -0.2) is 23.4 Å². The molecular weight excluding hydrogens is 357 g/mol. The van der Waals surface area contributed by atoms with Crippen molar-refractivity contribution in [3.8, 4) is 22.8 Å². The van der Waals surface area contributed by atoms with E-state index in [1.165, 1.54) is 0 Å². The molecule has 0 spiro atoms. The maximum atomic E-state index is 5.76. The molecule has 1 aromatic heterocycles. The van der Waals surface area contributed by atoms with E-state index in [-0.39, 0.29) is 0 Å². The molecule has 102 valence electrons. The van der Waals surface area contributed by atoms with Gasteiger partial charge in [0.05, 0.1) is 22.5 Å². The molecule has 2 rings (SSSR count). The Kier molecular flexibility index (Phi) is 4.52. The molecule has 0 unspecified atom stereocenters. The maximum Gasteiger partial charge on any atom is 0.159 e. The number of nitrogen functional groups attached to an aromatic ring is 1. The van der Waals surface area contributed by atoms with Gasteiger partial charge in [-0.1, -0.05) is 0 Å². The molecule has 0 bridgehead atoms. The highest BCUT2D eigenvalue weighted by molar-refractivity contribution is 14.1. The Balaban J connectivity index is 2.47. The molecule has 19 heavy (non-hydrogen) atoms. The molecule has 6 heteroatoms. The highest BCUT2D eigenvalue weighted by Gasteiger charge is 2.15. The minimum absolute atomic E-state index is 0.493. The first kappa shape index (κ1) is 14.0. The average molecular weight is 373 g/mol. The van der Waals surface area contributed by atoms with Gasteiger partial charge < -0.3 is 15.2 Å². The van der Waals surface area contributed by atoms with E-state index in [0.29, 0.717) is 19.0 Å². The second-order valence-corrected chi connectivity index (χ2v) is 4.90. The van der Waals surface area contributed by atoms with Gasteiger partial charge >= 0.3 is 0 Å². The van der Waals surface area contributed by atoms with Crippen molar-refractivity contribution in [2.45, 2.75) is 13.8 Å². The Hall–Kier alpha value is -1.44. The highest BCUT2D eigenvalue weighted by Crippen LogP contribution is 2.36. The predicted octanol–water partition coefficient (Wildman–Crippen LogP) is 3.06. The third-order valence-electron chi connectivity index (χ3n) is 2.57. The Morgan fingerprint density at radius 3 is 2.58 bits per heavy atom. The molecule has 2 aromatic rings. The van der Waals surface area contributed by atoms with Crippen LogP contribution >= 0.6 is 22.6 Å². The van der Waals surface area contributed by atoms with E-state index in [1.807, 2.05) is 32.0 Å². The van der Waals surface area contributed by atoms with Crippen molar-refractivity contribution in [3.05, 3.63) is 21.8 Å². The molecule has 0 saturated heterocycles. The number of anilines is 1. The zero-order valence-electron chi connectivity index (χ0n) is 10.9. The Bertz CT molecular complexity index is 569. The second-order valence-electron chi connectivity index (χ2n) is 3.82. The van der Waals surface area contributed by atoms with Crippen LogP contribution in [0.2, 0.25) is 0 Å². The third-order valence-corrected chi connectivity index (χ3v) is 3.66. The van der Waals surface area contributed by atoms with Crippen LogP contribution in [0.5, 0.6) is 11.5 Å². The van der Waals surface area contributed by atoms with Gasteiger partial charge in [-0.05, 0) is 48.6 Å². The number of H-pyrrole nitrogens is 1. The lowest BCUT2D eigenvalue weighted by molar-refractivity contribution is 0.324.